The maximum atomic E-state index is 13.9. The predicted molar refractivity (Wildman–Crippen MR) is 103 cm³/mol. The monoisotopic (exact) mass is 404 g/mol. The van der Waals surface area contributed by atoms with Crippen LogP contribution in [0, 0.1) is 30.3 Å². The van der Waals surface area contributed by atoms with Crippen molar-refractivity contribution in [2.24, 2.45) is 5.92 Å². The topological polar surface area (TPSA) is 32.8 Å². The summed E-state index contributed by atoms with van der Waals surface area (Å²) in [5.41, 5.74) is 0.847. The number of anilines is 1. The van der Waals surface area contributed by atoms with Gasteiger partial charge in [-0.3, -0.25) is 9.80 Å². The smallest absolute Gasteiger partial charge is 0.414 e. The minimum absolute atomic E-state index is 0.0541. The number of fused-ring (bicyclic) bond motifs is 3. The van der Waals surface area contributed by atoms with E-state index in [-0.39, 0.29) is 18.2 Å². The van der Waals surface area contributed by atoms with Crippen LogP contribution in [0.15, 0.2) is 36.4 Å². The molecule has 2 aromatic carbocycles. The molecule has 2 bridgehead atoms. The number of halogens is 3. The standard InChI is InChI=1S/C22H23F3N2O2/c1-14-9-15(10-19(24)21(14)25)12-27(18-4-2-3-17(23)11-18)22(28)29-20-13-26-7-5-16(20)6-8-26/h2-4,9-11,16,20H,5-8,12-13H2,1H3. The summed E-state index contributed by atoms with van der Waals surface area (Å²) in [6.07, 6.45) is 1.14. The lowest BCUT2D eigenvalue weighted by Gasteiger charge is -2.44. The van der Waals surface area contributed by atoms with Gasteiger partial charge in [0.2, 0.25) is 0 Å². The number of ether oxygens (including phenoxy) is 1. The molecule has 154 valence electrons. The number of carbonyl (C=O) groups is 1. The van der Waals surface area contributed by atoms with E-state index in [9.17, 15) is 18.0 Å². The van der Waals surface area contributed by atoms with Crippen LogP contribution in [0.25, 0.3) is 0 Å². The largest absolute Gasteiger partial charge is 0.444 e. The fourth-order valence-electron chi connectivity index (χ4n) is 4.21. The molecule has 3 aliphatic heterocycles. The van der Waals surface area contributed by atoms with Gasteiger partial charge >= 0.3 is 6.09 Å². The number of aryl methyl sites for hydroxylation is 1. The van der Waals surface area contributed by atoms with E-state index < -0.39 is 23.5 Å². The molecule has 3 aliphatic rings. The number of hydrogen-bond donors (Lipinski definition) is 0. The van der Waals surface area contributed by atoms with Crippen LogP contribution in [0.1, 0.15) is 24.0 Å². The van der Waals surface area contributed by atoms with Gasteiger partial charge in [0.05, 0.1) is 12.2 Å². The van der Waals surface area contributed by atoms with Crippen LogP contribution in [0.5, 0.6) is 0 Å². The number of carbonyl (C=O) groups excluding carboxylic acids is 1. The molecule has 1 unspecified atom stereocenters. The summed E-state index contributed by atoms with van der Waals surface area (Å²) in [4.78, 5) is 16.6. The van der Waals surface area contributed by atoms with Gasteiger partial charge in [-0.15, -0.1) is 0 Å². The van der Waals surface area contributed by atoms with Crippen LogP contribution >= 0.6 is 0 Å². The first-order chi connectivity index (χ1) is 13.9. The van der Waals surface area contributed by atoms with Gasteiger partial charge in [-0.05, 0) is 74.2 Å². The molecule has 5 rings (SSSR count). The van der Waals surface area contributed by atoms with Crippen LogP contribution in [0.2, 0.25) is 0 Å². The molecular formula is C22H23F3N2O2. The van der Waals surface area contributed by atoms with Crippen molar-refractivity contribution in [1.82, 2.24) is 4.90 Å². The normalized spacial score (nSPS) is 23.1. The van der Waals surface area contributed by atoms with Crippen LogP contribution in [0.4, 0.5) is 23.7 Å². The van der Waals surface area contributed by atoms with Gasteiger partial charge < -0.3 is 4.74 Å². The van der Waals surface area contributed by atoms with Crippen molar-refractivity contribution in [1.29, 1.82) is 0 Å². The van der Waals surface area contributed by atoms with Crippen molar-refractivity contribution >= 4 is 11.8 Å². The van der Waals surface area contributed by atoms with E-state index >= 15 is 0 Å². The summed E-state index contributed by atoms with van der Waals surface area (Å²) >= 11 is 0. The Bertz CT molecular complexity index is 890. The zero-order chi connectivity index (χ0) is 20.5. The second-order valence-electron chi connectivity index (χ2n) is 7.83. The summed E-state index contributed by atoms with van der Waals surface area (Å²) in [5, 5.41) is 0. The first-order valence-electron chi connectivity index (χ1n) is 9.81. The number of nitrogens with zero attached hydrogens (tertiary/aromatic N) is 2. The predicted octanol–water partition coefficient (Wildman–Crippen LogP) is 4.65. The molecule has 0 spiro atoms. The number of piperidine rings is 3. The van der Waals surface area contributed by atoms with Crippen LogP contribution in [-0.2, 0) is 11.3 Å². The Labute approximate surface area is 167 Å². The highest BCUT2D eigenvalue weighted by molar-refractivity contribution is 5.87. The van der Waals surface area contributed by atoms with Crippen LogP contribution in [0.3, 0.4) is 0 Å². The SMILES string of the molecule is Cc1cc(CN(C(=O)OC2CN3CCC2CC3)c2cccc(F)c2)cc(F)c1F. The molecular weight excluding hydrogens is 381 g/mol. The Morgan fingerprint density at radius 3 is 2.55 bits per heavy atom. The first-order valence-corrected chi connectivity index (χ1v) is 9.81. The third-order valence-corrected chi connectivity index (χ3v) is 5.80. The van der Waals surface area contributed by atoms with E-state index in [0.717, 1.165) is 32.0 Å². The summed E-state index contributed by atoms with van der Waals surface area (Å²) in [5.74, 6) is -2.07. The number of benzene rings is 2. The van der Waals surface area contributed by atoms with Crippen molar-refractivity contribution < 1.29 is 22.7 Å². The van der Waals surface area contributed by atoms with Crippen LogP contribution < -0.4 is 4.90 Å². The van der Waals surface area contributed by atoms with Crippen molar-refractivity contribution in [3.63, 3.8) is 0 Å². The second kappa shape index (κ2) is 8.06. The molecule has 7 heteroatoms. The molecule has 0 radical (unpaired) electrons. The molecule has 1 atom stereocenters. The first kappa shape index (κ1) is 19.8. The summed E-state index contributed by atoms with van der Waals surface area (Å²) < 4.78 is 47.1. The molecule has 3 fully saturated rings. The fraction of sp³-hybridized carbons (Fsp3) is 0.409. The lowest BCUT2D eigenvalue weighted by atomic mass is 9.86. The molecule has 29 heavy (non-hydrogen) atoms. The Balaban J connectivity index is 1.59. The molecule has 0 saturated carbocycles. The lowest BCUT2D eigenvalue weighted by Crippen LogP contribution is -2.53. The molecule has 0 N–H and O–H groups in total. The Morgan fingerprint density at radius 2 is 1.93 bits per heavy atom. The minimum atomic E-state index is -0.982. The number of hydrogen-bond acceptors (Lipinski definition) is 3. The Hall–Kier alpha value is -2.54. The lowest BCUT2D eigenvalue weighted by molar-refractivity contribution is -0.0311. The van der Waals surface area contributed by atoms with E-state index in [1.165, 1.54) is 36.1 Å². The molecule has 0 aliphatic carbocycles. The van der Waals surface area contributed by atoms with Gasteiger partial charge in [-0.2, -0.15) is 0 Å². The van der Waals surface area contributed by atoms with Gasteiger partial charge in [0.15, 0.2) is 11.6 Å². The Kier molecular flexibility index (Phi) is 5.50. The third kappa shape index (κ3) is 4.24. The van der Waals surface area contributed by atoms with Crippen molar-refractivity contribution in [2.45, 2.75) is 32.4 Å². The van der Waals surface area contributed by atoms with E-state index in [2.05, 4.69) is 4.90 Å². The van der Waals surface area contributed by atoms with Crippen molar-refractivity contribution in [3.8, 4) is 0 Å². The summed E-state index contributed by atoms with van der Waals surface area (Å²) in [6.45, 7) is 4.12. The molecule has 0 aromatic heterocycles. The quantitative estimate of drug-likeness (QED) is 0.744. The maximum absolute atomic E-state index is 13.9. The van der Waals surface area contributed by atoms with E-state index in [1.807, 2.05) is 0 Å². The zero-order valence-corrected chi connectivity index (χ0v) is 16.2. The highest BCUT2D eigenvalue weighted by atomic mass is 19.2. The second-order valence-corrected chi connectivity index (χ2v) is 7.83. The highest BCUT2D eigenvalue weighted by Crippen LogP contribution is 2.31. The minimum Gasteiger partial charge on any atom is -0.444 e. The van der Waals surface area contributed by atoms with E-state index in [0.29, 0.717) is 23.7 Å². The van der Waals surface area contributed by atoms with Crippen molar-refractivity contribution in [2.75, 3.05) is 24.5 Å². The number of rotatable bonds is 4. The molecule has 3 saturated heterocycles. The third-order valence-electron chi connectivity index (χ3n) is 5.80. The molecule has 1 amide bonds. The van der Waals surface area contributed by atoms with E-state index in [1.54, 1.807) is 6.07 Å². The summed E-state index contributed by atoms with van der Waals surface area (Å²) in [6, 6.07) is 8.12. The zero-order valence-electron chi connectivity index (χ0n) is 16.2. The van der Waals surface area contributed by atoms with Gasteiger partial charge in [-0.25, -0.2) is 18.0 Å². The molecule has 2 aromatic rings. The average molecular weight is 404 g/mol. The fourth-order valence-corrected chi connectivity index (χ4v) is 4.21. The van der Waals surface area contributed by atoms with Gasteiger partial charge in [0, 0.05) is 6.54 Å². The highest BCUT2D eigenvalue weighted by Gasteiger charge is 2.37. The number of amides is 1. The summed E-state index contributed by atoms with van der Waals surface area (Å²) in [7, 11) is 0. The van der Waals surface area contributed by atoms with Gasteiger partial charge in [-0.1, -0.05) is 12.1 Å². The van der Waals surface area contributed by atoms with Gasteiger partial charge in [0.1, 0.15) is 11.9 Å². The average Bonchev–Trinajstić information content (AvgIpc) is 2.71. The molecule has 3 heterocycles. The van der Waals surface area contributed by atoms with Gasteiger partial charge in [0.25, 0.3) is 0 Å². The van der Waals surface area contributed by atoms with E-state index in [4.69, 9.17) is 4.74 Å². The Morgan fingerprint density at radius 1 is 1.17 bits per heavy atom. The molecule has 4 nitrogen and oxygen atoms in total. The maximum Gasteiger partial charge on any atom is 0.414 e. The van der Waals surface area contributed by atoms with Crippen molar-refractivity contribution in [3.05, 3.63) is 65.0 Å². The van der Waals surface area contributed by atoms with Crippen LogP contribution in [-0.4, -0.2) is 36.7 Å².